The van der Waals surface area contributed by atoms with E-state index in [2.05, 4.69) is 27.4 Å². The van der Waals surface area contributed by atoms with Crippen molar-refractivity contribution in [3.05, 3.63) is 53.9 Å². The van der Waals surface area contributed by atoms with Crippen LogP contribution in [0, 0.1) is 0 Å². The molecule has 0 fully saturated rings. The number of fused-ring (bicyclic) bond motifs is 3. The lowest BCUT2D eigenvalue weighted by Crippen LogP contribution is -2.03. The van der Waals surface area contributed by atoms with E-state index in [1.807, 2.05) is 23.9 Å². The second-order valence-electron chi connectivity index (χ2n) is 5.28. The number of phenols is 1. The van der Waals surface area contributed by atoms with Crippen LogP contribution in [0.25, 0.3) is 10.9 Å². The molecule has 0 spiro atoms. The van der Waals surface area contributed by atoms with Crippen LogP contribution >= 0.6 is 11.8 Å². The molecule has 2 N–H and O–H groups in total. The van der Waals surface area contributed by atoms with E-state index in [4.69, 9.17) is 0 Å². The summed E-state index contributed by atoms with van der Waals surface area (Å²) in [5.74, 6) is 2.27. The summed E-state index contributed by atoms with van der Waals surface area (Å²) in [6.45, 7) is 0.622. The third kappa shape index (κ3) is 2.37. The number of aryl methyl sites for hydroxylation is 1. The number of hydrogen-bond acceptors (Lipinski definition) is 5. The topological polar surface area (TPSA) is 58.0 Å². The Balaban J connectivity index is 1.71. The van der Waals surface area contributed by atoms with Gasteiger partial charge < -0.3 is 10.4 Å². The molecule has 5 heteroatoms. The Labute approximate surface area is 132 Å². The summed E-state index contributed by atoms with van der Waals surface area (Å²) in [7, 11) is 0. The molecule has 110 valence electrons. The molecule has 2 heterocycles. The quantitative estimate of drug-likeness (QED) is 0.774. The Morgan fingerprint density at radius 1 is 1.18 bits per heavy atom. The maximum absolute atomic E-state index is 9.55. The third-order valence-corrected chi connectivity index (χ3v) is 4.95. The van der Waals surface area contributed by atoms with E-state index >= 15 is 0 Å². The minimum absolute atomic E-state index is 0.282. The number of anilines is 1. The van der Waals surface area contributed by atoms with Gasteiger partial charge in [0.1, 0.15) is 17.9 Å². The normalized spacial score (nSPS) is 13.3. The lowest BCUT2D eigenvalue weighted by molar-refractivity contribution is 0.474. The first-order chi connectivity index (χ1) is 10.8. The number of nitrogens with zero attached hydrogens (tertiary/aromatic N) is 2. The van der Waals surface area contributed by atoms with Gasteiger partial charge in [-0.2, -0.15) is 0 Å². The van der Waals surface area contributed by atoms with Gasteiger partial charge in [0.2, 0.25) is 0 Å². The smallest absolute Gasteiger partial charge is 0.137 e. The van der Waals surface area contributed by atoms with E-state index in [9.17, 15) is 5.11 Å². The van der Waals surface area contributed by atoms with Crippen LogP contribution in [0.3, 0.4) is 0 Å². The maximum Gasteiger partial charge on any atom is 0.137 e. The molecule has 22 heavy (non-hydrogen) atoms. The van der Waals surface area contributed by atoms with Crippen LogP contribution in [0.1, 0.15) is 11.1 Å². The Bertz CT molecular complexity index is 850. The van der Waals surface area contributed by atoms with Crippen LogP contribution in [0.4, 0.5) is 5.82 Å². The first-order valence-corrected chi connectivity index (χ1v) is 8.21. The molecule has 4 rings (SSSR count). The van der Waals surface area contributed by atoms with Crippen molar-refractivity contribution in [1.82, 2.24) is 9.97 Å². The Morgan fingerprint density at radius 2 is 2.14 bits per heavy atom. The molecule has 1 aromatic heterocycles. The molecule has 1 aliphatic rings. The molecule has 0 amide bonds. The lowest BCUT2D eigenvalue weighted by atomic mass is 10.1. The molecule has 0 atom stereocenters. The van der Waals surface area contributed by atoms with Crippen molar-refractivity contribution >= 4 is 28.5 Å². The van der Waals surface area contributed by atoms with Crippen molar-refractivity contribution in [2.45, 2.75) is 17.9 Å². The van der Waals surface area contributed by atoms with Crippen molar-refractivity contribution in [3.63, 3.8) is 0 Å². The van der Waals surface area contributed by atoms with E-state index in [0.717, 1.165) is 34.5 Å². The van der Waals surface area contributed by atoms with Gasteiger partial charge in [-0.15, -0.1) is 11.8 Å². The summed E-state index contributed by atoms with van der Waals surface area (Å²) in [6.07, 6.45) is 2.66. The number of nitrogens with one attached hydrogen (secondary N) is 1. The van der Waals surface area contributed by atoms with Crippen LogP contribution in [0.15, 0.2) is 47.6 Å². The van der Waals surface area contributed by atoms with Crippen LogP contribution in [0.2, 0.25) is 0 Å². The summed E-state index contributed by atoms with van der Waals surface area (Å²) in [6, 6.07) is 11.5. The molecule has 0 bridgehead atoms. The monoisotopic (exact) mass is 309 g/mol. The first-order valence-electron chi connectivity index (χ1n) is 7.22. The van der Waals surface area contributed by atoms with E-state index in [0.29, 0.717) is 6.54 Å². The Hall–Kier alpha value is -2.27. The molecule has 2 aromatic carbocycles. The highest BCUT2D eigenvalue weighted by Gasteiger charge is 2.17. The summed E-state index contributed by atoms with van der Waals surface area (Å²) < 4.78 is 0. The largest absolute Gasteiger partial charge is 0.508 e. The number of hydrogen-bond donors (Lipinski definition) is 2. The number of rotatable bonds is 3. The fourth-order valence-corrected chi connectivity index (χ4v) is 3.90. The highest BCUT2D eigenvalue weighted by molar-refractivity contribution is 7.99. The lowest BCUT2D eigenvalue weighted by Gasteiger charge is -2.11. The minimum atomic E-state index is 0.282. The van der Waals surface area contributed by atoms with Gasteiger partial charge in [-0.25, -0.2) is 9.97 Å². The highest BCUT2D eigenvalue weighted by atomic mass is 32.2. The average molecular weight is 309 g/mol. The molecule has 0 aliphatic carbocycles. The highest BCUT2D eigenvalue weighted by Crippen LogP contribution is 2.38. The zero-order chi connectivity index (χ0) is 14.9. The van der Waals surface area contributed by atoms with Crippen LogP contribution < -0.4 is 5.32 Å². The van der Waals surface area contributed by atoms with Crippen molar-refractivity contribution in [2.24, 2.45) is 0 Å². The van der Waals surface area contributed by atoms with E-state index in [-0.39, 0.29) is 5.75 Å². The predicted octanol–water partition coefficient (Wildman–Crippen LogP) is 3.60. The van der Waals surface area contributed by atoms with E-state index in [1.165, 1.54) is 10.5 Å². The van der Waals surface area contributed by atoms with Crippen molar-refractivity contribution < 1.29 is 5.11 Å². The molecule has 0 radical (unpaired) electrons. The standard InChI is InChI=1S/C17H15N3OS/c21-12-3-1-2-11(8-12)9-18-17-16-13-6-7-22-15(13)5-4-14(16)19-10-20-17/h1-5,8,10,21H,6-7,9H2,(H,18,19,20). The van der Waals surface area contributed by atoms with Crippen molar-refractivity contribution in [2.75, 3.05) is 11.1 Å². The fourth-order valence-electron chi connectivity index (χ4n) is 2.83. The minimum Gasteiger partial charge on any atom is -0.508 e. The van der Waals surface area contributed by atoms with Crippen LogP contribution in [0.5, 0.6) is 5.75 Å². The van der Waals surface area contributed by atoms with Gasteiger partial charge in [0.15, 0.2) is 0 Å². The van der Waals surface area contributed by atoms with Gasteiger partial charge in [-0.3, -0.25) is 0 Å². The number of phenolic OH excluding ortho intramolecular Hbond substituents is 1. The molecule has 0 saturated carbocycles. The second-order valence-corrected chi connectivity index (χ2v) is 6.42. The molecule has 3 aromatic rings. The SMILES string of the molecule is Oc1cccc(CNc2ncnc3ccc4c(c23)CCS4)c1. The molecule has 0 saturated heterocycles. The van der Waals surface area contributed by atoms with E-state index in [1.54, 1.807) is 18.5 Å². The fraction of sp³-hybridized carbons (Fsp3) is 0.176. The number of thioether (sulfide) groups is 1. The van der Waals surface area contributed by atoms with Crippen LogP contribution in [-0.2, 0) is 13.0 Å². The first kappa shape index (κ1) is 13.4. The van der Waals surface area contributed by atoms with Gasteiger partial charge in [-0.1, -0.05) is 12.1 Å². The average Bonchev–Trinajstić information content (AvgIpc) is 3.01. The second kappa shape index (κ2) is 5.50. The molecule has 1 aliphatic heterocycles. The molecular weight excluding hydrogens is 294 g/mol. The zero-order valence-electron chi connectivity index (χ0n) is 11.9. The molecule has 0 unspecified atom stereocenters. The third-order valence-electron chi connectivity index (χ3n) is 3.85. The predicted molar refractivity (Wildman–Crippen MR) is 89.4 cm³/mol. The Morgan fingerprint density at radius 3 is 3.05 bits per heavy atom. The maximum atomic E-state index is 9.55. The molecular formula is C17H15N3OS. The van der Waals surface area contributed by atoms with Crippen molar-refractivity contribution in [1.29, 1.82) is 0 Å². The van der Waals surface area contributed by atoms with E-state index < -0.39 is 0 Å². The number of aromatic nitrogens is 2. The summed E-state index contributed by atoms with van der Waals surface area (Å²) in [5, 5.41) is 14.1. The van der Waals surface area contributed by atoms with Gasteiger partial charge in [0, 0.05) is 22.6 Å². The van der Waals surface area contributed by atoms with Gasteiger partial charge >= 0.3 is 0 Å². The number of aromatic hydroxyl groups is 1. The Kier molecular flexibility index (Phi) is 3.35. The number of benzene rings is 2. The molecule has 4 nitrogen and oxygen atoms in total. The van der Waals surface area contributed by atoms with Gasteiger partial charge in [0.05, 0.1) is 5.52 Å². The van der Waals surface area contributed by atoms with Crippen molar-refractivity contribution in [3.8, 4) is 5.75 Å². The summed E-state index contributed by atoms with van der Waals surface area (Å²) in [4.78, 5) is 10.2. The summed E-state index contributed by atoms with van der Waals surface area (Å²) in [5.41, 5.74) is 3.35. The zero-order valence-corrected chi connectivity index (χ0v) is 12.7. The van der Waals surface area contributed by atoms with Crippen LogP contribution in [-0.4, -0.2) is 20.8 Å². The summed E-state index contributed by atoms with van der Waals surface area (Å²) >= 11 is 1.89. The van der Waals surface area contributed by atoms with Gasteiger partial charge in [0.25, 0.3) is 0 Å². The van der Waals surface area contributed by atoms with Gasteiger partial charge in [-0.05, 0) is 41.8 Å².